The predicted molar refractivity (Wildman–Crippen MR) is 527 cm³/mol. The molecule has 0 aromatic heterocycles. The summed E-state index contributed by atoms with van der Waals surface area (Å²) < 4.78 is 107. The van der Waals surface area contributed by atoms with Crippen LogP contribution in [-0.2, 0) is 123 Å². The summed E-state index contributed by atoms with van der Waals surface area (Å²) in [5, 5.41) is 67.4. The standard InChI is InChI=1S/C25H35N3O7S.C25H37N3O5S.C19H32N2O3.C15H21NO3.C7H10O4.C6H8O4.CH2Cl2.CH3.Pd/c1-18(2)16-27(36(33,34)21-13-11-20(12-14-21)28(31)32)17-23(29)22(15-19-9-7-6-8-10-19)26-24(30)35-25(3,4)5;1-18(2)16-28(34(31,32)21-13-11-20(26)12-14-21)17-23(29)22(15-19-9-7-6-8-10-19)27-24(30)33-25(3,4)5;1-14(2)12-20-13-17(22)16(11-15-9-7-6-8-10-15)21-18(23)24-19(3,4)5;1-15(2,3)19-14(17)16-12(13-10-18-13)9-11-7-5-4-6-8-11;1-9-7-4-2-6(8)11-5(4)3-10-7;7-5-1-3-4(10-5)2-9-6(3)8;2-1-3;;/h6-14,18,22-23,29H,15-17H2,1-5H3,(H,26,30);6-14,18,22-23,29H,15-17,26H2,1-5H3,(H,27,30);6-10,14,16-17,20,22H,11-13H2,1-5H3,(H,21,23);4-8,12-13H,9-10H2,1-3H3,(H,16,17);4-5,7H,2-3H2,1H3;3-4,6,8H,1-2H2;1H2;1H3;/q;;;;;;;-1;/t2*22-,23?;16-,17?;12-,13+;4-,5-,7-;3-,4-,6+;;;/m000000.../s1. The Labute approximate surface area is 844 Å². The van der Waals surface area contributed by atoms with Crippen molar-refractivity contribution in [3.05, 3.63) is 210 Å². The number of nitrogen functional groups attached to an aromatic ring is 1. The number of ether oxygens (including phenoxy) is 10. The van der Waals surface area contributed by atoms with E-state index in [-0.39, 0.29) is 154 Å². The van der Waals surface area contributed by atoms with Crippen LogP contribution in [0.4, 0.5) is 30.6 Å². The van der Waals surface area contributed by atoms with Crippen LogP contribution in [0.2, 0.25) is 0 Å². The number of anilines is 1. The molecule has 35 nitrogen and oxygen atoms in total. The third kappa shape index (κ3) is 48.3. The van der Waals surface area contributed by atoms with Crippen LogP contribution < -0.4 is 32.3 Å². The number of fused-ring (bicyclic) bond motifs is 2. The first-order valence-electron chi connectivity index (χ1n) is 45.6. The fourth-order valence-corrected chi connectivity index (χ4v) is 17.3. The zero-order valence-electron chi connectivity index (χ0n) is 83.4. The summed E-state index contributed by atoms with van der Waals surface area (Å²) in [6.07, 6.45) is -4.06. The number of nitrogens with two attached hydrogens (primary N) is 1. The number of carbonyl (C=O) groups excluding carboxylic acids is 6. The molecule has 5 aliphatic rings. The van der Waals surface area contributed by atoms with Crippen molar-refractivity contribution >= 4 is 90.9 Å². The van der Waals surface area contributed by atoms with Gasteiger partial charge in [0.15, 0.2) is 12.6 Å². The van der Waals surface area contributed by atoms with Crippen LogP contribution in [0, 0.1) is 47.1 Å². The van der Waals surface area contributed by atoms with Gasteiger partial charge in [0.2, 0.25) is 20.0 Å². The normalized spacial score (nSPS) is 18.9. The van der Waals surface area contributed by atoms with E-state index in [0.29, 0.717) is 63.7 Å². The van der Waals surface area contributed by atoms with Crippen LogP contribution in [0.1, 0.15) is 160 Å². The Morgan fingerprint density at radius 3 is 1.13 bits per heavy atom. The zero-order chi connectivity index (χ0) is 102. The Kier molecular flexibility index (Phi) is 53.7. The molecule has 6 aromatic carbocycles. The van der Waals surface area contributed by atoms with E-state index >= 15 is 0 Å². The number of aliphatic hydroxyl groups is 4. The number of non-ortho nitro benzene ring substituents is 1. The molecular weight excluding hydrogens is 1970 g/mol. The van der Waals surface area contributed by atoms with Gasteiger partial charge in [-0.3, -0.25) is 19.7 Å². The first kappa shape index (κ1) is 124. The summed E-state index contributed by atoms with van der Waals surface area (Å²) in [5.41, 5.74) is 7.39. The van der Waals surface area contributed by atoms with Crippen LogP contribution in [0.15, 0.2) is 180 Å². The third-order valence-corrected chi connectivity index (χ3v) is 24.1. The maximum absolute atomic E-state index is 13.4. The molecule has 0 spiro atoms. The van der Waals surface area contributed by atoms with Gasteiger partial charge in [0.25, 0.3) is 5.69 Å². The fourth-order valence-electron chi connectivity index (χ4n) is 14.1. The predicted octanol–water partition coefficient (Wildman–Crippen LogP) is 13.5. The van der Waals surface area contributed by atoms with E-state index in [1.54, 1.807) is 48.7 Å². The Morgan fingerprint density at radius 1 is 0.482 bits per heavy atom. The smallest absolute Gasteiger partial charge is 0.407 e. The number of carbonyl (C=O) groups is 6. The van der Waals surface area contributed by atoms with Gasteiger partial charge in [0.05, 0.1) is 107 Å². The Hall–Kier alpha value is -8.76. The number of amides is 4. The monoisotopic (exact) mass is 2120 g/mol. The van der Waals surface area contributed by atoms with Crippen LogP contribution >= 0.6 is 23.2 Å². The molecule has 11 rings (SSSR count). The number of alkyl halides is 2. The van der Waals surface area contributed by atoms with Gasteiger partial charge in [-0.25, -0.2) is 36.0 Å². The number of hydrogen-bond donors (Lipinski definition) is 10. The van der Waals surface area contributed by atoms with Crippen LogP contribution in [0.5, 0.6) is 0 Å². The van der Waals surface area contributed by atoms with E-state index in [1.165, 1.54) is 46.3 Å². The first-order valence-corrected chi connectivity index (χ1v) is 49.6. The van der Waals surface area contributed by atoms with E-state index < -0.39 is 108 Å². The number of hydrogen-bond acceptors (Lipinski definition) is 28. The summed E-state index contributed by atoms with van der Waals surface area (Å²) in [4.78, 5) is 80.6. The fraction of sp³-hybridized carbons (Fsp3) is 0.566. The molecule has 5 fully saturated rings. The number of benzene rings is 6. The molecule has 14 atom stereocenters. The number of esters is 2. The second kappa shape index (κ2) is 60.0. The molecule has 0 radical (unpaired) electrons. The maximum atomic E-state index is 13.4. The van der Waals surface area contributed by atoms with Crippen LogP contribution in [0.25, 0.3) is 0 Å². The average Bonchev–Trinajstić information content (AvgIpc) is 1.75. The van der Waals surface area contributed by atoms with E-state index in [2.05, 4.69) is 40.4 Å². The second-order valence-corrected chi connectivity index (χ2v) is 43.4. The van der Waals surface area contributed by atoms with Gasteiger partial charge in [-0.1, -0.05) is 163 Å². The molecule has 782 valence electrons. The van der Waals surface area contributed by atoms with Gasteiger partial charge in [-0.05, 0) is 192 Å². The molecule has 5 aliphatic heterocycles. The number of nitrogens with one attached hydrogen (secondary N) is 5. The van der Waals surface area contributed by atoms with E-state index in [4.69, 9.17) is 81.4 Å². The van der Waals surface area contributed by atoms with Crippen molar-refractivity contribution in [2.24, 2.45) is 29.6 Å². The molecule has 0 aliphatic carbocycles. The SMILES string of the molecule is CC(C)(C)OC(=O)N[C@@H](Cc1ccccc1)[C@H]1CO1.CC(C)CN(CC(O)[C@H](Cc1ccccc1)NC(=O)OC(C)(C)C)S(=O)(=O)c1ccc(N)cc1.CC(C)CN(CC(O)[C@H](Cc1ccccc1)NC(=O)OC(C)(C)C)S(=O)(=O)c1ccc([N+](=O)[O-])cc1.CC(C)CNCC(O)[C@H](Cc1ccccc1)NC(=O)OC(C)(C)C.CO[C@H]1OC[C@@H]2OC(=O)C[C@H]12.ClCCl.O=C1C[C@@H]2[C@H](O)OC[C@@H]2O1.[CH3-].[Pd]. The van der Waals surface area contributed by atoms with Gasteiger partial charge in [-0.15, -0.1) is 23.2 Å². The van der Waals surface area contributed by atoms with Crippen molar-refractivity contribution in [2.45, 2.75) is 269 Å². The summed E-state index contributed by atoms with van der Waals surface area (Å²) in [7, 11) is -6.41. The van der Waals surface area contributed by atoms with Crippen molar-refractivity contribution in [3.8, 4) is 0 Å². The molecule has 40 heteroatoms. The van der Waals surface area contributed by atoms with Crippen molar-refractivity contribution < 1.29 is 139 Å². The Balaban J connectivity index is 0.000000445. The number of methoxy groups -OCH3 is 1. The number of nitro benzene ring substituents is 1. The first-order chi connectivity index (χ1) is 64.1. The molecule has 0 bridgehead atoms. The van der Waals surface area contributed by atoms with E-state index in [9.17, 15) is 71.0 Å². The number of nitro groups is 1. The average molecular weight is 2120 g/mol. The number of alkyl carbamates (subject to hydrolysis) is 4. The molecule has 5 heterocycles. The second-order valence-electron chi connectivity index (χ2n) is 38.7. The summed E-state index contributed by atoms with van der Waals surface area (Å²) >= 11 is 9.53. The number of epoxide rings is 1. The van der Waals surface area contributed by atoms with Gasteiger partial charge in [0.1, 0.15) is 40.7 Å². The van der Waals surface area contributed by atoms with Gasteiger partial charge < -0.3 is 108 Å². The van der Waals surface area contributed by atoms with Crippen molar-refractivity contribution in [3.63, 3.8) is 0 Å². The van der Waals surface area contributed by atoms with Crippen LogP contribution in [0.3, 0.4) is 0 Å². The number of nitrogens with zero attached hydrogens (tertiary/aromatic N) is 3. The topological polar surface area (TPSA) is 483 Å². The van der Waals surface area contributed by atoms with Gasteiger partial charge in [-0.2, -0.15) is 8.61 Å². The minimum Gasteiger partial charge on any atom is -0.459 e. The van der Waals surface area contributed by atoms with E-state index in [0.717, 1.165) is 46.1 Å². The summed E-state index contributed by atoms with van der Waals surface area (Å²) in [6.45, 7) is 35.7. The Bertz CT molecular complexity index is 4850. The zero-order valence-corrected chi connectivity index (χ0v) is 88.1. The number of aliphatic hydroxyl groups excluding tert-OH is 4. The minimum atomic E-state index is -4.09. The number of sulfonamides is 2. The van der Waals surface area contributed by atoms with Gasteiger partial charge >= 0.3 is 36.3 Å². The largest absolute Gasteiger partial charge is 0.459 e. The molecule has 4 amide bonds. The van der Waals surface area contributed by atoms with Crippen molar-refractivity contribution in [1.29, 1.82) is 0 Å². The summed E-state index contributed by atoms with van der Waals surface area (Å²) in [5.74, 6) is 0.0878. The molecule has 139 heavy (non-hydrogen) atoms. The third-order valence-electron chi connectivity index (χ3n) is 20.4. The van der Waals surface area contributed by atoms with Crippen molar-refractivity contribution in [2.75, 3.05) is 77.3 Å². The van der Waals surface area contributed by atoms with Crippen molar-refractivity contribution in [1.82, 2.24) is 35.2 Å². The molecule has 6 aromatic rings. The number of halogens is 2. The Morgan fingerprint density at radius 2 is 0.806 bits per heavy atom. The molecule has 3 unspecified atom stereocenters. The quantitative estimate of drug-likeness (QED) is 0.00206. The molecule has 0 saturated carbocycles. The van der Waals surface area contributed by atoms with Gasteiger partial charge in [0, 0.05) is 78.1 Å². The maximum Gasteiger partial charge on any atom is 0.407 e. The van der Waals surface area contributed by atoms with Crippen LogP contribution in [-0.4, -0.2) is 254 Å². The molecular formula is C99H148Cl2N9O26PdS2-. The summed E-state index contributed by atoms with van der Waals surface area (Å²) in [6, 6.07) is 46.9. The molecule has 5 saturated heterocycles. The van der Waals surface area contributed by atoms with E-state index in [1.807, 2.05) is 191 Å². The minimum absolute atomic E-state index is 0. The number of rotatable bonds is 34. The molecule has 11 N–H and O–H groups in total.